The smallest absolute Gasteiger partial charge is 0.378 e. The number of carbonyl (C=O) groups is 2. The molecule has 2 aromatic heterocycles. The van der Waals surface area contributed by atoms with Crippen molar-refractivity contribution in [3.8, 4) is 0 Å². The van der Waals surface area contributed by atoms with Crippen molar-refractivity contribution in [3.63, 3.8) is 0 Å². The number of para-hydroxylation sites is 1. The van der Waals surface area contributed by atoms with Crippen molar-refractivity contribution in [2.75, 3.05) is 18.5 Å². The number of anilines is 2. The maximum Gasteiger partial charge on any atom is 0.418 e. The quantitative estimate of drug-likeness (QED) is 0.442. The van der Waals surface area contributed by atoms with Crippen LogP contribution in [0.3, 0.4) is 0 Å². The lowest BCUT2D eigenvalue weighted by Gasteiger charge is -2.27. The average Bonchev–Trinajstić information content (AvgIpc) is 3.33. The van der Waals surface area contributed by atoms with Gasteiger partial charge in [0.2, 0.25) is 5.91 Å². The molecule has 1 aliphatic heterocycles. The summed E-state index contributed by atoms with van der Waals surface area (Å²) in [6.45, 7) is 3.79. The monoisotopic (exact) mass is 514 g/mol. The molecule has 1 fully saturated rings. The Kier molecular flexibility index (Phi) is 7.39. The van der Waals surface area contributed by atoms with Crippen LogP contribution in [0.5, 0.6) is 0 Å². The highest BCUT2D eigenvalue weighted by molar-refractivity contribution is 5.99. The molecule has 2 amide bonds. The Balaban J connectivity index is 1.43. The molecule has 1 aromatic carbocycles. The number of aryl methyl sites for hydroxylation is 2. The van der Waals surface area contributed by atoms with Crippen LogP contribution in [0.15, 0.2) is 48.9 Å². The lowest BCUT2D eigenvalue weighted by molar-refractivity contribution is -0.137. The van der Waals surface area contributed by atoms with Gasteiger partial charge in [0, 0.05) is 25.4 Å². The molecule has 1 unspecified atom stereocenters. The van der Waals surface area contributed by atoms with Crippen molar-refractivity contribution < 1.29 is 27.5 Å². The zero-order chi connectivity index (χ0) is 26.6. The molecule has 0 saturated carbocycles. The molecule has 1 atom stereocenters. The van der Waals surface area contributed by atoms with E-state index in [4.69, 9.17) is 4.74 Å². The lowest BCUT2D eigenvalue weighted by Crippen LogP contribution is -2.59. The van der Waals surface area contributed by atoms with Gasteiger partial charge in [-0.05, 0) is 37.6 Å². The van der Waals surface area contributed by atoms with Crippen molar-refractivity contribution in [2.24, 2.45) is 0 Å². The Bertz CT molecular complexity index is 1290. The highest BCUT2D eigenvalue weighted by atomic mass is 19.4. The average molecular weight is 515 g/mol. The third-order valence-electron chi connectivity index (χ3n) is 5.97. The van der Waals surface area contributed by atoms with Crippen LogP contribution in [0.4, 0.5) is 24.5 Å². The minimum absolute atomic E-state index is 0.00513. The van der Waals surface area contributed by atoms with Gasteiger partial charge in [0.15, 0.2) is 0 Å². The predicted molar refractivity (Wildman–Crippen MR) is 128 cm³/mol. The van der Waals surface area contributed by atoms with Crippen LogP contribution in [0.25, 0.3) is 0 Å². The van der Waals surface area contributed by atoms with E-state index in [0.29, 0.717) is 29.4 Å². The van der Waals surface area contributed by atoms with E-state index in [2.05, 4.69) is 30.9 Å². The minimum atomic E-state index is -4.50. The third-order valence-corrected chi connectivity index (χ3v) is 5.97. The number of halogens is 3. The number of carbonyl (C=O) groups excluding carboxylic acids is 2. The Hall–Kier alpha value is -4.06. The molecule has 1 aliphatic rings. The molecule has 3 heterocycles. The fraction of sp³-hybridized carbons (Fsp3) is 0.320. The highest BCUT2D eigenvalue weighted by Crippen LogP contribution is 2.35. The molecule has 0 aliphatic carbocycles. The number of nitrogens with zero attached hydrogens (tertiary/aromatic N) is 3. The molecule has 4 rings (SSSR count). The molecule has 12 heteroatoms. The number of pyridine rings is 1. The predicted octanol–water partition coefficient (Wildman–Crippen LogP) is 3.46. The topological polar surface area (TPSA) is 118 Å². The summed E-state index contributed by atoms with van der Waals surface area (Å²) in [5.41, 5.74) is -0.362. The SMILES string of the molecule is Cc1ncc(C(=O)NC2(C(=O)NCc3ncc(Nc4ccccc4C(F)(F)F)cc3C)CCOC2)cn1. The first kappa shape index (κ1) is 26.0. The second kappa shape index (κ2) is 10.5. The number of benzene rings is 1. The van der Waals surface area contributed by atoms with Crippen LogP contribution in [0, 0.1) is 13.8 Å². The summed E-state index contributed by atoms with van der Waals surface area (Å²) in [5, 5.41) is 8.30. The van der Waals surface area contributed by atoms with E-state index < -0.39 is 29.1 Å². The number of hydrogen-bond acceptors (Lipinski definition) is 7. The standard InChI is InChI=1S/C25H25F3N6O3/c1-15-9-18(33-20-6-4-3-5-19(20)25(26,27)28)12-31-21(15)13-32-23(36)24(7-8-37-14-24)34-22(35)17-10-29-16(2)30-11-17/h3-6,9-12,33H,7-8,13-14H2,1-2H3,(H,32,36)(H,34,35). The first-order chi connectivity index (χ1) is 17.6. The number of amides is 2. The van der Waals surface area contributed by atoms with E-state index in [-0.39, 0.29) is 30.8 Å². The summed E-state index contributed by atoms with van der Waals surface area (Å²) in [5.74, 6) is -0.416. The summed E-state index contributed by atoms with van der Waals surface area (Å²) < 4.78 is 45.3. The van der Waals surface area contributed by atoms with Gasteiger partial charge in [-0.25, -0.2) is 9.97 Å². The number of rotatable bonds is 7. The van der Waals surface area contributed by atoms with Gasteiger partial charge in [-0.3, -0.25) is 14.6 Å². The maximum absolute atomic E-state index is 13.3. The number of aromatic nitrogens is 3. The first-order valence-corrected chi connectivity index (χ1v) is 11.4. The lowest BCUT2D eigenvalue weighted by atomic mass is 9.96. The largest absolute Gasteiger partial charge is 0.418 e. The summed E-state index contributed by atoms with van der Waals surface area (Å²) in [6.07, 6.45) is -0.0529. The summed E-state index contributed by atoms with van der Waals surface area (Å²) >= 11 is 0. The number of alkyl halides is 3. The van der Waals surface area contributed by atoms with Gasteiger partial charge in [0.1, 0.15) is 11.4 Å². The number of ether oxygens (including phenoxy) is 1. The van der Waals surface area contributed by atoms with Gasteiger partial charge in [0.25, 0.3) is 5.91 Å². The van der Waals surface area contributed by atoms with Crippen molar-refractivity contribution in [1.29, 1.82) is 0 Å². The minimum Gasteiger partial charge on any atom is -0.378 e. The molecule has 0 spiro atoms. The molecular formula is C25H25F3N6O3. The number of nitrogens with one attached hydrogen (secondary N) is 3. The van der Waals surface area contributed by atoms with Gasteiger partial charge >= 0.3 is 6.18 Å². The number of hydrogen-bond donors (Lipinski definition) is 3. The van der Waals surface area contributed by atoms with Crippen molar-refractivity contribution >= 4 is 23.2 Å². The van der Waals surface area contributed by atoms with Crippen molar-refractivity contribution in [1.82, 2.24) is 25.6 Å². The van der Waals surface area contributed by atoms with Crippen LogP contribution in [-0.4, -0.2) is 45.5 Å². The van der Waals surface area contributed by atoms with E-state index in [9.17, 15) is 22.8 Å². The summed E-state index contributed by atoms with van der Waals surface area (Å²) in [4.78, 5) is 38.2. The van der Waals surface area contributed by atoms with Gasteiger partial charge in [-0.1, -0.05) is 12.1 Å². The molecule has 3 aromatic rings. The summed E-state index contributed by atoms with van der Waals surface area (Å²) in [7, 11) is 0. The Morgan fingerprint density at radius 3 is 2.46 bits per heavy atom. The highest BCUT2D eigenvalue weighted by Gasteiger charge is 2.44. The molecule has 37 heavy (non-hydrogen) atoms. The first-order valence-electron chi connectivity index (χ1n) is 11.4. The van der Waals surface area contributed by atoms with Gasteiger partial charge in [-0.15, -0.1) is 0 Å². The van der Waals surface area contributed by atoms with E-state index in [0.717, 1.165) is 6.07 Å². The molecule has 194 valence electrons. The van der Waals surface area contributed by atoms with Crippen LogP contribution in [-0.2, 0) is 22.3 Å². The molecule has 0 radical (unpaired) electrons. The maximum atomic E-state index is 13.3. The fourth-order valence-corrected chi connectivity index (χ4v) is 3.88. The van der Waals surface area contributed by atoms with E-state index >= 15 is 0 Å². The zero-order valence-corrected chi connectivity index (χ0v) is 20.1. The van der Waals surface area contributed by atoms with Crippen LogP contribution >= 0.6 is 0 Å². The Morgan fingerprint density at radius 1 is 1.08 bits per heavy atom. The van der Waals surface area contributed by atoms with Crippen LogP contribution < -0.4 is 16.0 Å². The Morgan fingerprint density at radius 2 is 1.81 bits per heavy atom. The molecule has 9 nitrogen and oxygen atoms in total. The van der Waals surface area contributed by atoms with Gasteiger partial charge in [-0.2, -0.15) is 13.2 Å². The van der Waals surface area contributed by atoms with Crippen molar-refractivity contribution in [3.05, 3.63) is 77.1 Å². The normalized spacial score (nSPS) is 17.3. The second-order valence-electron chi connectivity index (χ2n) is 8.70. The molecule has 0 bridgehead atoms. The van der Waals surface area contributed by atoms with Crippen LogP contribution in [0.1, 0.15) is 39.4 Å². The van der Waals surface area contributed by atoms with E-state index in [1.165, 1.54) is 36.8 Å². The molecule has 1 saturated heterocycles. The van der Waals surface area contributed by atoms with Gasteiger partial charge in [0.05, 0.1) is 47.5 Å². The van der Waals surface area contributed by atoms with Gasteiger partial charge < -0.3 is 20.7 Å². The molecule has 3 N–H and O–H groups in total. The third kappa shape index (κ3) is 6.02. The second-order valence-corrected chi connectivity index (χ2v) is 8.70. The fourth-order valence-electron chi connectivity index (χ4n) is 3.88. The summed E-state index contributed by atoms with van der Waals surface area (Å²) in [6, 6.07) is 6.82. The van der Waals surface area contributed by atoms with Crippen molar-refractivity contribution in [2.45, 2.75) is 38.5 Å². The molecular weight excluding hydrogens is 489 g/mol. The van der Waals surface area contributed by atoms with E-state index in [1.54, 1.807) is 19.9 Å². The van der Waals surface area contributed by atoms with E-state index in [1.807, 2.05) is 0 Å². The zero-order valence-electron chi connectivity index (χ0n) is 20.1. The van der Waals surface area contributed by atoms with Crippen LogP contribution in [0.2, 0.25) is 0 Å². The Labute approximate surface area is 210 Å².